The predicted octanol–water partition coefficient (Wildman–Crippen LogP) is -1.24. The van der Waals surface area contributed by atoms with Crippen LogP contribution in [0.3, 0.4) is 0 Å². The van der Waals surface area contributed by atoms with E-state index in [1.807, 2.05) is 12.2 Å². The third-order valence-electron chi connectivity index (χ3n) is 1.82. The van der Waals surface area contributed by atoms with E-state index in [-0.39, 0.29) is 18.3 Å². The summed E-state index contributed by atoms with van der Waals surface area (Å²) in [5.74, 6) is -0.318. The van der Waals surface area contributed by atoms with E-state index in [0.29, 0.717) is 0 Å². The van der Waals surface area contributed by atoms with Crippen LogP contribution in [0, 0.1) is 11.3 Å². The lowest BCUT2D eigenvalue weighted by Crippen LogP contribution is -3.00. The number of allylic oxidation sites excluding steroid dienone is 1. The first-order valence-electron chi connectivity index (χ1n) is 5.45. The first kappa shape index (κ1) is 22.4. The van der Waals surface area contributed by atoms with Gasteiger partial charge in [-0.15, -0.1) is 0 Å². The molecule has 0 spiro atoms. The zero-order valence-corrected chi connectivity index (χ0v) is 12.4. The molecule has 0 saturated carbocycles. The van der Waals surface area contributed by atoms with E-state index in [0.717, 1.165) is 23.6 Å². The average molecular weight is 284 g/mol. The van der Waals surface area contributed by atoms with Crippen molar-refractivity contribution in [1.82, 2.24) is 5.32 Å². The Bertz CT molecular complexity index is 342. The van der Waals surface area contributed by atoms with Crippen LogP contribution in [0.15, 0.2) is 50.2 Å². The van der Waals surface area contributed by atoms with Crippen molar-refractivity contribution in [3.05, 3.63) is 50.2 Å². The van der Waals surface area contributed by atoms with Gasteiger partial charge in [0.05, 0.1) is 33.3 Å². The van der Waals surface area contributed by atoms with Crippen molar-refractivity contribution in [3.8, 4) is 6.07 Å². The number of nitrogens with zero attached hydrogens (tertiary/aromatic N) is 2. The van der Waals surface area contributed by atoms with Gasteiger partial charge in [-0.2, -0.15) is 5.26 Å². The van der Waals surface area contributed by atoms with Gasteiger partial charge >= 0.3 is 0 Å². The summed E-state index contributed by atoms with van der Waals surface area (Å²) in [4.78, 5) is 10.3. The molecule has 0 unspecified atom stereocenters. The molecule has 0 atom stereocenters. The predicted molar refractivity (Wildman–Crippen MR) is 75.3 cm³/mol. The van der Waals surface area contributed by atoms with Gasteiger partial charge in [-0.3, -0.25) is 4.79 Å². The Kier molecular flexibility index (Phi) is 16.7. The van der Waals surface area contributed by atoms with E-state index in [1.54, 1.807) is 6.07 Å². The fourth-order valence-corrected chi connectivity index (χ4v) is 0.994. The minimum atomic E-state index is -0.318. The lowest BCUT2D eigenvalue weighted by Gasteiger charge is -2.26. The second-order valence-electron chi connectivity index (χ2n) is 4.05. The van der Waals surface area contributed by atoms with Crippen LogP contribution in [-0.2, 0) is 4.79 Å². The Morgan fingerprint density at radius 3 is 2.05 bits per heavy atom. The molecular weight excluding hydrogens is 262 g/mol. The number of halogens is 1. The summed E-state index contributed by atoms with van der Waals surface area (Å²) in [6, 6.07) is 1.72. The zero-order valence-electron chi connectivity index (χ0n) is 11.6. The summed E-state index contributed by atoms with van der Waals surface area (Å²) in [6.45, 7) is 12.6. The molecule has 5 heteroatoms. The molecule has 0 aliphatic carbocycles. The zero-order chi connectivity index (χ0) is 14.4. The van der Waals surface area contributed by atoms with Crippen molar-refractivity contribution in [2.45, 2.75) is 0 Å². The summed E-state index contributed by atoms with van der Waals surface area (Å²) in [5.41, 5.74) is 0. The molecule has 1 amide bonds. The number of carbonyl (C=O) groups is 1. The van der Waals surface area contributed by atoms with E-state index in [2.05, 4.69) is 39.1 Å². The molecule has 0 aromatic carbocycles. The van der Waals surface area contributed by atoms with Gasteiger partial charge in [-0.25, -0.2) is 0 Å². The molecule has 0 aliphatic heterocycles. The lowest BCUT2D eigenvalue weighted by atomic mass is 10.4. The van der Waals surface area contributed by atoms with Crippen LogP contribution in [-0.4, -0.2) is 37.6 Å². The van der Waals surface area contributed by atoms with Crippen LogP contribution in [0.5, 0.6) is 0 Å². The molecule has 4 nitrogen and oxygen atoms in total. The summed E-state index contributed by atoms with van der Waals surface area (Å²) in [7, 11) is 4.31. The molecule has 0 aromatic rings. The smallest absolute Gasteiger partial charge is 0.247 e. The number of rotatable bonds is 6. The SMILES string of the molecule is C=CC(=O)NC=CC#N.C=CC[N+](C)(C)CC=C.[Cl-]. The molecule has 0 fully saturated rings. The van der Waals surface area contributed by atoms with Crippen LogP contribution in [0.1, 0.15) is 0 Å². The highest BCUT2D eigenvalue weighted by atomic mass is 35.5. The normalized spacial score (nSPS) is 9.11. The molecule has 1 N–H and O–H groups in total. The first-order valence-corrected chi connectivity index (χ1v) is 5.45. The number of hydrogen-bond donors (Lipinski definition) is 1. The number of likely N-dealkylation sites (N-methyl/N-ethyl adjacent to an activating group) is 1. The molecule has 0 rings (SSSR count). The van der Waals surface area contributed by atoms with Crippen LogP contribution < -0.4 is 17.7 Å². The largest absolute Gasteiger partial charge is 1.00 e. The maximum atomic E-state index is 10.3. The quantitative estimate of drug-likeness (QED) is 0.287. The Balaban J connectivity index is -0.000000256. The number of hydrogen-bond acceptors (Lipinski definition) is 2. The Labute approximate surface area is 122 Å². The minimum absolute atomic E-state index is 0. The molecule has 0 radical (unpaired) electrons. The highest BCUT2D eigenvalue weighted by Crippen LogP contribution is 1.95. The van der Waals surface area contributed by atoms with Crippen LogP contribution >= 0.6 is 0 Å². The van der Waals surface area contributed by atoms with Crippen molar-refractivity contribution >= 4 is 5.91 Å². The van der Waals surface area contributed by atoms with Crippen LogP contribution in [0.4, 0.5) is 0 Å². The van der Waals surface area contributed by atoms with E-state index in [9.17, 15) is 4.79 Å². The number of amides is 1. The summed E-state index contributed by atoms with van der Waals surface area (Å²) < 4.78 is 0.951. The van der Waals surface area contributed by atoms with E-state index in [4.69, 9.17) is 5.26 Å². The van der Waals surface area contributed by atoms with Gasteiger partial charge in [0.1, 0.15) is 0 Å². The van der Waals surface area contributed by atoms with Gasteiger partial charge in [0.2, 0.25) is 5.91 Å². The van der Waals surface area contributed by atoms with Crippen molar-refractivity contribution in [3.63, 3.8) is 0 Å². The first-order chi connectivity index (χ1) is 8.43. The van der Waals surface area contributed by atoms with E-state index < -0.39 is 0 Å². The molecule has 0 aliphatic rings. The van der Waals surface area contributed by atoms with Gasteiger partial charge < -0.3 is 22.2 Å². The second kappa shape index (κ2) is 14.2. The lowest BCUT2D eigenvalue weighted by molar-refractivity contribution is -0.878. The van der Waals surface area contributed by atoms with Crippen molar-refractivity contribution in [1.29, 1.82) is 5.26 Å². The van der Waals surface area contributed by atoms with Gasteiger partial charge in [0.15, 0.2) is 0 Å². The Morgan fingerprint density at radius 1 is 1.26 bits per heavy atom. The molecule has 0 heterocycles. The number of nitriles is 1. The Morgan fingerprint density at radius 2 is 1.74 bits per heavy atom. The van der Waals surface area contributed by atoms with Gasteiger partial charge in [-0.1, -0.05) is 19.7 Å². The Hall–Kier alpha value is -1.83. The van der Waals surface area contributed by atoms with Crippen molar-refractivity contribution in [2.75, 3.05) is 27.2 Å². The maximum absolute atomic E-state index is 10.3. The number of carbonyl (C=O) groups excluding carboxylic acids is 1. The van der Waals surface area contributed by atoms with E-state index >= 15 is 0 Å². The molecule has 19 heavy (non-hydrogen) atoms. The molecule has 0 saturated heterocycles. The van der Waals surface area contributed by atoms with Crippen molar-refractivity contribution in [2.24, 2.45) is 0 Å². The fourth-order valence-electron chi connectivity index (χ4n) is 0.994. The summed E-state index contributed by atoms with van der Waals surface area (Å²) >= 11 is 0. The second-order valence-corrected chi connectivity index (χ2v) is 4.05. The monoisotopic (exact) mass is 283 g/mol. The van der Waals surface area contributed by atoms with Crippen molar-refractivity contribution < 1.29 is 21.7 Å². The highest BCUT2D eigenvalue weighted by Gasteiger charge is 2.07. The summed E-state index contributed by atoms with van der Waals surface area (Å²) in [5, 5.41) is 10.2. The van der Waals surface area contributed by atoms with Crippen LogP contribution in [0.25, 0.3) is 0 Å². The molecule has 0 bridgehead atoms. The highest BCUT2D eigenvalue weighted by molar-refractivity contribution is 5.87. The average Bonchev–Trinajstić information content (AvgIpc) is 2.29. The van der Waals surface area contributed by atoms with Gasteiger partial charge in [0, 0.05) is 12.3 Å². The van der Waals surface area contributed by atoms with Crippen LogP contribution in [0.2, 0.25) is 0 Å². The fraction of sp³-hybridized carbons (Fsp3) is 0.286. The third-order valence-corrected chi connectivity index (χ3v) is 1.82. The number of quaternary nitrogens is 1. The summed E-state index contributed by atoms with van der Waals surface area (Å²) in [6.07, 6.45) is 7.42. The van der Waals surface area contributed by atoms with Gasteiger partial charge in [0.25, 0.3) is 0 Å². The molecule has 106 valence electrons. The third kappa shape index (κ3) is 18.7. The minimum Gasteiger partial charge on any atom is -1.00 e. The number of nitrogens with one attached hydrogen (secondary N) is 1. The maximum Gasteiger partial charge on any atom is 0.247 e. The molecule has 0 aromatic heterocycles. The molecular formula is C14H22ClN3O. The standard InChI is InChI=1S/C8H16N.C6H6N2O.ClH/c1-5-7-9(3,4)8-6-2;1-2-6(9)8-5-3-4-7;/h5-6H,1-2,7-8H2,3-4H3;2-3,5H,1H2,(H,8,9);1H/q+1;;/p-1. The van der Waals surface area contributed by atoms with Gasteiger partial charge in [-0.05, 0) is 18.2 Å². The topological polar surface area (TPSA) is 52.9 Å². The van der Waals surface area contributed by atoms with E-state index in [1.165, 1.54) is 12.3 Å².